The molecule has 0 amide bonds. The molecule has 7 nitrogen and oxygen atoms in total. The first-order valence-electron chi connectivity index (χ1n) is 5.02. The molecular weight excluding hydrogens is 226 g/mol. The molecular formula is C10H15N3O4. The van der Waals surface area contributed by atoms with Crippen LogP contribution in [0.5, 0.6) is 0 Å². The van der Waals surface area contributed by atoms with Crippen LogP contribution in [0.25, 0.3) is 0 Å². The molecule has 1 aromatic rings. The van der Waals surface area contributed by atoms with Gasteiger partial charge in [0, 0.05) is 27.7 Å². The van der Waals surface area contributed by atoms with Crippen molar-refractivity contribution < 1.29 is 9.53 Å². The lowest BCUT2D eigenvalue weighted by molar-refractivity contribution is 0.112. The van der Waals surface area contributed by atoms with Gasteiger partial charge >= 0.3 is 5.69 Å². The number of aldehydes is 1. The number of nitrogens with zero attached hydrogens (tertiary/aromatic N) is 2. The smallest absolute Gasteiger partial charge is 0.332 e. The number of methoxy groups -OCH3 is 1. The molecule has 0 spiro atoms. The highest BCUT2D eigenvalue weighted by molar-refractivity contribution is 5.81. The van der Waals surface area contributed by atoms with Crippen molar-refractivity contribution in [3.05, 3.63) is 26.4 Å². The lowest BCUT2D eigenvalue weighted by atomic mass is 10.3. The van der Waals surface area contributed by atoms with Crippen molar-refractivity contribution in [3.8, 4) is 0 Å². The van der Waals surface area contributed by atoms with Crippen molar-refractivity contribution in [1.82, 2.24) is 9.13 Å². The molecule has 1 N–H and O–H groups in total. The maximum atomic E-state index is 11.7. The molecule has 0 aliphatic rings. The van der Waals surface area contributed by atoms with E-state index in [2.05, 4.69) is 5.32 Å². The molecule has 0 saturated carbocycles. The van der Waals surface area contributed by atoms with Gasteiger partial charge in [0.05, 0.1) is 6.61 Å². The number of hydrogen-bond acceptors (Lipinski definition) is 5. The van der Waals surface area contributed by atoms with Crippen molar-refractivity contribution in [1.29, 1.82) is 0 Å². The summed E-state index contributed by atoms with van der Waals surface area (Å²) in [7, 11) is 4.35. The largest absolute Gasteiger partial charge is 0.383 e. The van der Waals surface area contributed by atoms with Crippen LogP contribution in [0.2, 0.25) is 0 Å². The number of carbonyl (C=O) groups excluding carboxylic acids is 1. The van der Waals surface area contributed by atoms with E-state index in [4.69, 9.17) is 4.74 Å². The van der Waals surface area contributed by atoms with Crippen LogP contribution in [0.1, 0.15) is 10.4 Å². The van der Waals surface area contributed by atoms with Crippen LogP contribution in [-0.4, -0.2) is 35.7 Å². The fourth-order valence-corrected chi connectivity index (χ4v) is 1.46. The summed E-state index contributed by atoms with van der Waals surface area (Å²) >= 11 is 0. The third-order valence-electron chi connectivity index (χ3n) is 2.42. The summed E-state index contributed by atoms with van der Waals surface area (Å²) in [5.74, 6) is 0.213. The quantitative estimate of drug-likeness (QED) is 0.525. The molecule has 1 heterocycles. The second kappa shape index (κ2) is 5.44. The molecule has 0 fully saturated rings. The molecule has 1 aromatic heterocycles. The van der Waals surface area contributed by atoms with E-state index in [1.807, 2.05) is 0 Å². The van der Waals surface area contributed by atoms with Crippen molar-refractivity contribution in [2.45, 2.75) is 0 Å². The van der Waals surface area contributed by atoms with Crippen LogP contribution in [-0.2, 0) is 18.8 Å². The zero-order valence-electron chi connectivity index (χ0n) is 10.0. The second-order valence-electron chi connectivity index (χ2n) is 3.51. The molecule has 0 unspecified atom stereocenters. The molecule has 0 aliphatic heterocycles. The van der Waals surface area contributed by atoms with Crippen molar-refractivity contribution in [2.75, 3.05) is 25.6 Å². The van der Waals surface area contributed by atoms with E-state index >= 15 is 0 Å². The molecule has 7 heteroatoms. The van der Waals surface area contributed by atoms with Crippen LogP contribution in [0.15, 0.2) is 9.59 Å². The molecule has 0 atom stereocenters. The van der Waals surface area contributed by atoms with E-state index in [0.717, 1.165) is 4.57 Å². The van der Waals surface area contributed by atoms with E-state index in [9.17, 15) is 14.4 Å². The number of rotatable bonds is 5. The van der Waals surface area contributed by atoms with E-state index in [1.165, 1.54) is 25.8 Å². The Morgan fingerprint density at radius 3 is 2.47 bits per heavy atom. The topological polar surface area (TPSA) is 82.3 Å². The predicted molar refractivity (Wildman–Crippen MR) is 62.7 cm³/mol. The number of carbonyl (C=O) groups is 1. The lowest BCUT2D eigenvalue weighted by Gasteiger charge is -2.13. The molecule has 0 aromatic carbocycles. The number of nitrogens with one attached hydrogen (secondary N) is 1. The van der Waals surface area contributed by atoms with Crippen LogP contribution in [0.4, 0.5) is 5.82 Å². The number of hydrogen-bond donors (Lipinski definition) is 1. The zero-order chi connectivity index (χ0) is 13.0. The Kier molecular flexibility index (Phi) is 4.22. The zero-order valence-corrected chi connectivity index (χ0v) is 10.0. The Morgan fingerprint density at radius 1 is 1.29 bits per heavy atom. The monoisotopic (exact) mass is 241 g/mol. The maximum absolute atomic E-state index is 11.7. The number of anilines is 1. The standard InChI is InChI=1S/C10H15N3O4/c1-12-8(11-4-5-17-3)7(6-14)9(15)13(2)10(12)16/h6,11H,4-5H2,1-3H3. The van der Waals surface area contributed by atoms with E-state index < -0.39 is 11.2 Å². The Hall–Kier alpha value is -1.89. The van der Waals surface area contributed by atoms with Crippen LogP contribution < -0.4 is 16.6 Å². The first kappa shape index (κ1) is 13.2. The summed E-state index contributed by atoms with van der Waals surface area (Å²) in [6.07, 6.45) is 0.441. The van der Waals surface area contributed by atoms with Crippen LogP contribution in [0.3, 0.4) is 0 Å². The van der Waals surface area contributed by atoms with Gasteiger partial charge in [0.1, 0.15) is 11.4 Å². The number of ether oxygens (including phenoxy) is 1. The van der Waals surface area contributed by atoms with Gasteiger partial charge in [-0.3, -0.25) is 18.7 Å². The third-order valence-corrected chi connectivity index (χ3v) is 2.42. The fourth-order valence-electron chi connectivity index (χ4n) is 1.46. The SMILES string of the molecule is COCCNc1c(C=O)c(=O)n(C)c(=O)n1C. The summed E-state index contributed by atoms with van der Waals surface area (Å²) < 4.78 is 6.96. The molecule has 0 aliphatic carbocycles. The summed E-state index contributed by atoms with van der Waals surface area (Å²) in [6, 6.07) is 0. The van der Waals surface area contributed by atoms with Gasteiger partial charge in [-0.1, -0.05) is 0 Å². The molecule has 94 valence electrons. The van der Waals surface area contributed by atoms with Crippen LogP contribution in [0, 0.1) is 0 Å². The molecule has 0 radical (unpaired) electrons. The predicted octanol–water partition coefficient (Wildman–Crippen LogP) is -1.05. The van der Waals surface area contributed by atoms with Crippen molar-refractivity contribution in [2.24, 2.45) is 14.1 Å². The van der Waals surface area contributed by atoms with E-state index in [1.54, 1.807) is 0 Å². The average molecular weight is 241 g/mol. The summed E-state index contributed by atoms with van der Waals surface area (Å²) in [4.78, 5) is 34.2. The van der Waals surface area contributed by atoms with Gasteiger partial charge in [-0.15, -0.1) is 0 Å². The van der Waals surface area contributed by atoms with E-state index in [-0.39, 0.29) is 11.4 Å². The first-order valence-corrected chi connectivity index (χ1v) is 5.02. The molecule has 17 heavy (non-hydrogen) atoms. The molecule has 1 rings (SSSR count). The van der Waals surface area contributed by atoms with Gasteiger partial charge in [0.15, 0.2) is 6.29 Å². The summed E-state index contributed by atoms with van der Waals surface area (Å²) in [5, 5.41) is 2.84. The van der Waals surface area contributed by atoms with E-state index in [0.29, 0.717) is 19.4 Å². The lowest BCUT2D eigenvalue weighted by Crippen LogP contribution is -2.40. The Morgan fingerprint density at radius 2 is 1.94 bits per heavy atom. The molecule has 0 saturated heterocycles. The fraction of sp³-hybridized carbons (Fsp3) is 0.500. The Balaban J connectivity index is 3.32. The normalized spacial score (nSPS) is 10.3. The van der Waals surface area contributed by atoms with Crippen LogP contribution >= 0.6 is 0 Å². The molecule has 0 bridgehead atoms. The Bertz CT molecular complexity index is 530. The van der Waals surface area contributed by atoms with Crippen molar-refractivity contribution >= 4 is 12.1 Å². The summed E-state index contributed by atoms with van der Waals surface area (Å²) in [5.41, 5.74) is -1.16. The average Bonchev–Trinajstić information content (AvgIpc) is 2.33. The van der Waals surface area contributed by atoms with Gasteiger partial charge in [-0.25, -0.2) is 4.79 Å². The van der Waals surface area contributed by atoms with Gasteiger partial charge in [0.2, 0.25) is 0 Å². The highest BCUT2D eigenvalue weighted by Crippen LogP contribution is 2.04. The minimum atomic E-state index is -0.608. The highest BCUT2D eigenvalue weighted by atomic mass is 16.5. The second-order valence-corrected chi connectivity index (χ2v) is 3.51. The van der Waals surface area contributed by atoms with Gasteiger partial charge in [0.25, 0.3) is 5.56 Å². The van der Waals surface area contributed by atoms with Gasteiger partial charge in [-0.05, 0) is 0 Å². The summed E-state index contributed by atoms with van der Waals surface area (Å²) in [6.45, 7) is 0.805. The van der Waals surface area contributed by atoms with Crippen molar-refractivity contribution in [3.63, 3.8) is 0 Å². The van der Waals surface area contributed by atoms with Gasteiger partial charge in [-0.2, -0.15) is 0 Å². The Labute approximate surface area is 97.6 Å². The number of aromatic nitrogens is 2. The minimum Gasteiger partial charge on any atom is -0.383 e. The first-order chi connectivity index (χ1) is 8.04. The highest BCUT2D eigenvalue weighted by Gasteiger charge is 2.14. The maximum Gasteiger partial charge on any atom is 0.332 e. The van der Waals surface area contributed by atoms with Gasteiger partial charge < -0.3 is 10.1 Å². The minimum absolute atomic E-state index is 0.0642. The third kappa shape index (κ3) is 2.44.